The molecule has 0 aliphatic carbocycles. The highest BCUT2D eigenvalue weighted by Crippen LogP contribution is 2.27. The Morgan fingerprint density at radius 3 is 2.44 bits per heavy atom. The van der Waals surface area contributed by atoms with Crippen molar-refractivity contribution in [3.05, 3.63) is 35.4 Å². The molecule has 0 spiro atoms. The fourth-order valence-corrected chi connectivity index (χ4v) is 4.87. The number of likely N-dealkylation sites (tertiary alicyclic amines) is 1. The van der Waals surface area contributed by atoms with Gasteiger partial charge in [-0.3, -0.25) is 9.59 Å². The van der Waals surface area contributed by atoms with E-state index in [-0.39, 0.29) is 24.6 Å². The minimum Gasteiger partial charge on any atom is -0.451 e. The Labute approximate surface area is 160 Å². The number of amides is 1. The number of hydrogen-bond acceptors (Lipinski definition) is 5. The zero-order valence-electron chi connectivity index (χ0n) is 15.8. The highest BCUT2D eigenvalue weighted by atomic mass is 32.2. The van der Waals surface area contributed by atoms with Gasteiger partial charge in [0, 0.05) is 26.1 Å². The number of nitrogens with zero attached hydrogens (tertiary/aromatic N) is 2. The van der Waals surface area contributed by atoms with Crippen LogP contribution >= 0.6 is 0 Å². The van der Waals surface area contributed by atoms with Gasteiger partial charge in [-0.2, -0.15) is 4.31 Å². The molecule has 0 aromatic heterocycles. The van der Waals surface area contributed by atoms with Crippen LogP contribution in [-0.4, -0.2) is 60.5 Å². The molecule has 3 rings (SSSR count). The third kappa shape index (κ3) is 4.16. The summed E-state index contributed by atoms with van der Waals surface area (Å²) in [6.45, 7) is 4.59. The van der Waals surface area contributed by atoms with Gasteiger partial charge in [0.1, 0.15) is 6.04 Å². The molecule has 8 heteroatoms. The van der Waals surface area contributed by atoms with Crippen molar-refractivity contribution >= 4 is 21.9 Å². The Kier molecular flexibility index (Phi) is 5.86. The Hall–Kier alpha value is -1.93. The monoisotopic (exact) mass is 394 g/mol. The maximum absolute atomic E-state index is 12.8. The predicted molar refractivity (Wildman–Crippen MR) is 100 cm³/mol. The second-order valence-electron chi connectivity index (χ2n) is 7.05. The summed E-state index contributed by atoms with van der Waals surface area (Å²) >= 11 is 0. The van der Waals surface area contributed by atoms with Crippen molar-refractivity contribution in [1.29, 1.82) is 0 Å². The van der Waals surface area contributed by atoms with Gasteiger partial charge in [-0.05, 0) is 37.8 Å². The van der Waals surface area contributed by atoms with E-state index in [1.54, 1.807) is 18.7 Å². The first kappa shape index (κ1) is 19.8. The molecule has 1 fully saturated rings. The molecule has 27 heavy (non-hydrogen) atoms. The minimum absolute atomic E-state index is 0.0960. The lowest BCUT2D eigenvalue weighted by Crippen LogP contribution is -2.51. The largest absolute Gasteiger partial charge is 0.451 e. The number of ether oxygens (including phenoxy) is 1. The number of benzene rings is 1. The van der Waals surface area contributed by atoms with E-state index in [0.29, 0.717) is 13.1 Å². The van der Waals surface area contributed by atoms with Crippen LogP contribution in [0.5, 0.6) is 0 Å². The average Bonchev–Trinajstić information content (AvgIpc) is 3.20. The Morgan fingerprint density at radius 2 is 1.81 bits per heavy atom. The zero-order valence-corrected chi connectivity index (χ0v) is 16.6. The van der Waals surface area contributed by atoms with E-state index in [4.69, 9.17) is 4.74 Å². The number of carbonyl (C=O) groups excluding carboxylic acids is 2. The highest BCUT2D eigenvalue weighted by molar-refractivity contribution is 7.89. The molecule has 0 N–H and O–H groups in total. The lowest BCUT2D eigenvalue weighted by Gasteiger charge is -2.34. The van der Waals surface area contributed by atoms with Crippen LogP contribution in [0.4, 0.5) is 0 Å². The summed E-state index contributed by atoms with van der Waals surface area (Å²) in [5, 5.41) is 0. The zero-order chi connectivity index (χ0) is 19.6. The normalized spacial score (nSPS) is 21.6. The van der Waals surface area contributed by atoms with Crippen LogP contribution in [0.2, 0.25) is 0 Å². The average molecular weight is 394 g/mol. The van der Waals surface area contributed by atoms with E-state index in [9.17, 15) is 18.0 Å². The van der Waals surface area contributed by atoms with Crippen LogP contribution in [0.25, 0.3) is 0 Å². The highest BCUT2D eigenvalue weighted by Gasteiger charge is 2.40. The van der Waals surface area contributed by atoms with Crippen LogP contribution < -0.4 is 0 Å². The van der Waals surface area contributed by atoms with E-state index >= 15 is 0 Å². The van der Waals surface area contributed by atoms with Gasteiger partial charge in [-0.1, -0.05) is 24.3 Å². The van der Waals surface area contributed by atoms with Crippen molar-refractivity contribution in [2.24, 2.45) is 0 Å². The van der Waals surface area contributed by atoms with Crippen molar-refractivity contribution in [1.82, 2.24) is 9.21 Å². The molecular formula is C19H26N2O5S. The smallest absolute Gasteiger partial charge is 0.325 e. The molecule has 0 radical (unpaired) electrons. The molecule has 2 heterocycles. The second kappa shape index (κ2) is 7.98. The SMILES string of the molecule is CCS(=O)(=O)N1Cc2ccccc2C[C@@H]1C(=O)O[C@@H](C)C(=O)N1CCCC1. The van der Waals surface area contributed by atoms with Gasteiger partial charge >= 0.3 is 5.97 Å². The fraction of sp³-hybridized carbons (Fsp3) is 0.579. The van der Waals surface area contributed by atoms with Crippen LogP contribution in [0.3, 0.4) is 0 Å². The second-order valence-corrected chi connectivity index (χ2v) is 9.26. The summed E-state index contributed by atoms with van der Waals surface area (Å²) in [5.41, 5.74) is 1.82. The van der Waals surface area contributed by atoms with Crippen LogP contribution in [0.15, 0.2) is 24.3 Å². The molecule has 2 aliphatic heterocycles. The maximum Gasteiger partial charge on any atom is 0.325 e. The number of hydrogen-bond donors (Lipinski definition) is 0. The van der Waals surface area contributed by atoms with Crippen molar-refractivity contribution in [2.45, 2.75) is 51.8 Å². The van der Waals surface area contributed by atoms with E-state index in [1.165, 1.54) is 4.31 Å². The molecule has 0 unspecified atom stereocenters. The minimum atomic E-state index is -3.59. The molecule has 1 saturated heterocycles. The number of rotatable bonds is 5. The van der Waals surface area contributed by atoms with Crippen molar-refractivity contribution < 1.29 is 22.7 Å². The van der Waals surface area contributed by atoms with Crippen molar-refractivity contribution in [3.63, 3.8) is 0 Å². The predicted octanol–water partition coefficient (Wildman–Crippen LogP) is 1.32. The van der Waals surface area contributed by atoms with E-state index in [0.717, 1.165) is 24.0 Å². The van der Waals surface area contributed by atoms with E-state index in [1.807, 2.05) is 24.3 Å². The first-order valence-corrected chi connectivity index (χ1v) is 11.0. The molecule has 1 amide bonds. The lowest BCUT2D eigenvalue weighted by atomic mass is 9.96. The number of fused-ring (bicyclic) bond motifs is 1. The Morgan fingerprint density at radius 1 is 1.19 bits per heavy atom. The molecule has 1 aromatic rings. The number of esters is 1. The summed E-state index contributed by atoms with van der Waals surface area (Å²) in [5.74, 6) is -0.982. The molecule has 2 atom stereocenters. The topological polar surface area (TPSA) is 84.0 Å². The van der Waals surface area contributed by atoms with Gasteiger partial charge in [-0.25, -0.2) is 8.42 Å². The van der Waals surface area contributed by atoms with Gasteiger partial charge in [0.2, 0.25) is 10.0 Å². The number of carbonyl (C=O) groups is 2. The van der Waals surface area contributed by atoms with Gasteiger partial charge in [0.25, 0.3) is 5.91 Å². The summed E-state index contributed by atoms with van der Waals surface area (Å²) in [7, 11) is -3.59. The summed E-state index contributed by atoms with van der Waals surface area (Å²) in [4.78, 5) is 26.9. The Balaban J connectivity index is 1.79. The third-order valence-electron chi connectivity index (χ3n) is 5.26. The maximum atomic E-state index is 12.8. The first-order valence-electron chi connectivity index (χ1n) is 9.39. The molecular weight excluding hydrogens is 368 g/mol. The molecule has 7 nitrogen and oxygen atoms in total. The fourth-order valence-electron chi connectivity index (χ4n) is 3.66. The van der Waals surface area contributed by atoms with Crippen LogP contribution in [0.1, 0.15) is 37.8 Å². The molecule has 1 aromatic carbocycles. The molecule has 2 aliphatic rings. The van der Waals surface area contributed by atoms with E-state index < -0.39 is 28.1 Å². The molecule has 148 valence electrons. The third-order valence-corrected chi connectivity index (χ3v) is 7.09. The quantitative estimate of drug-likeness (QED) is 0.703. The lowest BCUT2D eigenvalue weighted by molar-refractivity contribution is -0.162. The van der Waals surface area contributed by atoms with Gasteiger partial charge in [0.05, 0.1) is 5.75 Å². The summed E-state index contributed by atoms with van der Waals surface area (Å²) in [6, 6.07) is 6.54. The van der Waals surface area contributed by atoms with Gasteiger partial charge in [0.15, 0.2) is 6.10 Å². The first-order chi connectivity index (χ1) is 12.8. The van der Waals surface area contributed by atoms with Crippen molar-refractivity contribution in [2.75, 3.05) is 18.8 Å². The van der Waals surface area contributed by atoms with Crippen LogP contribution in [0, 0.1) is 0 Å². The summed E-state index contributed by atoms with van der Waals surface area (Å²) in [6.07, 6.45) is 1.24. The summed E-state index contributed by atoms with van der Waals surface area (Å²) < 4.78 is 31.7. The van der Waals surface area contributed by atoms with Crippen LogP contribution in [-0.2, 0) is 37.3 Å². The van der Waals surface area contributed by atoms with Gasteiger partial charge < -0.3 is 9.64 Å². The standard InChI is InChI=1S/C19H26N2O5S/c1-3-27(24,25)21-13-16-9-5-4-8-15(16)12-17(21)19(23)26-14(2)18(22)20-10-6-7-11-20/h4-5,8-9,14,17H,3,6-7,10-13H2,1-2H3/t14-,17+/m0/s1. The van der Waals surface area contributed by atoms with Crippen molar-refractivity contribution in [3.8, 4) is 0 Å². The van der Waals surface area contributed by atoms with E-state index in [2.05, 4.69) is 0 Å². The molecule has 0 saturated carbocycles. The van der Waals surface area contributed by atoms with Gasteiger partial charge in [-0.15, -0.1) is 0 Å². The molecule has 0 bridgehead atoms. The number of sulfonamides is 1. The Bertz CT molecular complexity index is 817.